The second-order valence-electron chi connectivity index (χ2n) is 6.66. The highest BCUT2D eigenvalue weighted by Gasteiger charge is 2.42. The Bertz CT molecular complexity index is 507. The molecule has 1 saturated heterocycles. The van der Waals surface area contributed by atoms with Gasteiger partial charge < -0.3 is 19.8 Å². The molecule has 5 heteroatoms. The van der Waals surface area contributed by atoms with Crippen LogP contribution in [0.15, 0.2) is 30.3 Å². The summed E-state index contributed by atoms with van der Waals surface area (Å²) in [6, 6.07) is 9.57. The Hall–Kier alpha value is -1.59. The van der Waals surface area contributed by atoms with Crippen LogP contribution in [-0.4, -0.2) is 53.4 Å². The molecule has 0 saturated carbocycles. The molecule has 0 aromatic heterocycles. The third kappa shape index (κ3) is 4.71. The molecule has 0 radical (unpaired) electrons. The van der Waals surface area contributed by atoms with Crippen molar-refractivity contribution in [3.63, 3.8) is 0 Å². The Labute approximate surface area is 144 Å². The first-order valence-corrected chi connectivity index (χ1v) is 8.86. The zero-order valence-electron chi connectivity index (χ0n) is 14.5. The van der Waals surface area contributed by atoms with E-state index in [1.165, 1.54) is 0 Å². The SMILES string of the molecule is CCC[C@@]1(CO)CN(C(=O)CCCOc2ccccc2)CC[C@@H]1O. The largest absolute Gasteiger partial charge is 0.494 e. The number of carbonyl (C=O) groups is 1. The van der Waals surface area contributed by atoms with Crippen LogP contribution in [0.25, 0.3) is 0 Å². The number of likely N-dealkylation sites (tertiary alicyclic amines) is 1. The zero-order valence-corrected chi connectivity index (χ0v) is 14.5. The fourth-order valence-electron chi connectivity index (χ4n) is 3.43. The number of nitrogens with zero attached hydrogens (tertiary/aromatic N) is 1. The summed E-state index contributed by atoms with van der Waals surface area (Å²) in [5.74, 6) is 0.890. The first-order chi connectivity index (χ1) is 11.6. The van der Waals surface area contributed by atoms with Gasteiger partial charge in [-0.1, -0.05) is 31.5 Å². The minimum atomic E-state index is -0.566. The minimum absolute atomic E-state index is 0.0764. The lowest BCUT2D eigenvalue weighted by molar-refractivity contribution is -0.142. The van der Waals surface area contributed by atoms with Crippen molar-refractivity contribution in [3.8, 4) is 5.75 Å². The van der Waals surface area contributed by atoms with E-state index in [1.54, 1.807) is 4.90 Å². The number of rotatable bonds is 8. The summed E-state index contributed by atoms with van der Waals surface area (Å²) in [4.78, 5) is 14.2. The van der Waals surface area contributed by atoms with Gasteiger partial charge in [0.05, 0.1) is 19.3 Å². The molecular formula is C19H29NO4. The Morgan fingerprint density at radius 1 is 1.38 bits per heavy atom. The molecule has 2 N–H and O–H groups in total. The molecule has 0 aliphatic carbocycles. The van der Waals surface area contributed by atoms with Gasteiger partial charge in [0, 0.05) is 24.9 Å². The summed E-state index contributed by atoms with van der Waals surface area (Å²) in [5, 5.41) is 20.0. The zero-order chi connectivity index (χ0) is 17.4. The lowest BCUT2D eigenvalue weighted by Crippen LogP contribution is -2.55. The number of para-hydroxylation sites is 1. The van der Waals surface area contributed by atoms with Crippen LogP contribution in [0.4, 0.5) is 0 Å². The van der Waals surface area contributed by atoms with Gasteiger partial charge in [-0.05, 0) is 31.4 Å². The number of aliphatic hydroxyl groups excluding tert-OH is 2. The number of ether oxygens (including phenoxy) is 1. The van der Waals surface area contributed by atoms with Crippen LogP contribution in [-0.2, 0) is 4.79 Å². The van der Waals surface area contributed by atoms with Crippen molar-refractivity contribution >= 4 is 5.91 Å². The highest BCUT2D eigenvalue weighted by molar-refractivity contribution is 5.76. The number of hydrogen-bond donors (Lipinski definition) is 2. The molecule has 0 bridgehead atoms. The van der Waals surface area contributed by atoms with Gasteiger partial charge in [-0.2, -0.15) is 0 Å². The Balaban J connectivity index is 1.79. The van der Waals surface area contributed by atoms with E-state index in [1.807, 2.05) is 37.3 Å². The second-order valence-corrected chi connectivity index (χ2v) is 6.66. The maximum absolute atomic E-state index is 12.4. The molecule has 0 spiro atoms. The average molecular weight is 335 g/mol. The fourth-order valence-corrected chi connectivity index (χ4v) is 3.43. The molecule has 1 amide bonds. The van der Waals surface area contributed by atoms with Crippen molar-refractivity contribution in [2.45, 2.75) is 45.1 Å². The highest BCUT2D eigenvalue weighted by atomic mass is 16.5. The molecule has 0 unspecified atom stereocenters. The summed E-state index contributed by atoms with van der Waals surface area (Å²) in [7, 11) is 0. The van der Waals surface area contributed by atoms with E-state index in [2.05, 4.69) is 0 Å². The lowest BCUT2D eigenvalue weighted by Gasteiger charge is -2.45. The van der Waals surface area contributed by atoms with Crippen molar-refractivity contribution in [1.82, 2.24) is 4.90 Å². The van der Waals surface area contributed by atoms with Crippen LogP contribution in [0.2, 0.25) is 0 Å². The first-order valence-electron chi connectivity index (χ1n) is 8.86. The summed E-state index contributed by atoms with van der Waals surface area (Å²) in [6.45, 7) is 3.46. The number of hydrogen-bond acceptors (Lipinski definition) is 4. The van der Waals surface area contributed by atoms with Crippen LogP contribution in [0.5, 0.6) is 5.75 Å². The van der Waals surface area contributed by atoms with E-state index in [0.717, 1.165) is 18.6 Å². The van der Waals surface area contributed by atoms with E-state index < -0.39 is 11.5 Å². The standard InChI is InChI=1S/C19H29NO4/c1-2-11-19(15-21)14-20(12-10-17(19)22)18(23)9-6-13-24-16-7-4-3-5-8-16/h3-5,7-8,17,21-22H,2,6,9-15H2,1H3/t17-,19-/m0/s1. The van der Waals surface area contributed by atoms with Crippen LogP contribution in [0.1, 0.15) is 39.0 Å². The van der Waals surface area contributed by atoms with Gasteiger partial charge in [0.2, 0.25) is 5.91 Å². The Kier molecular flexibility index (Phi) is 7.06. The van der Waals surface area contributed by atoms with Crippen molar-refractivity contribution in [3.05, 3.63) is 30.3 Å². The first kappa shape index (κ1) is 18.7. The summed E-state index contributed by atoms with van der Waals surface area (Å²) < 4.78 is 5.61. The van der Waals surface area contributed by atoms with E-state index >= 15 is 0 Å². The van der Waals surface area contributed by atoms with Gasteiger partial charge >= 0.3 is 0 Å². The minimum Gasteiger partial charge on any atom is -0.494 e. The van der Waals surface area contributed by atoms with Gasteiger partial charge in [-0.25, -0.2) is 0 Å². The molecule has 1 heterocycles. The molecule has 1 fully saturated rings. The van der Waals surface area contributed by atoms with Gasteiger partial charge in [-0.3, -0.25) is 4.79 Å². The van der Waals surface area contributed by atoms with Gasteiger partial charge in [0.25, 0.3) is 0 Å². The summed E-state index contributed by atoms with van der Waals surface area (Å²) >= 11 is 0. The lowest BCUT2D eigenvalue weighted by atomic mass is 9.74. The molecule has 1 aromatic rings. The monoisotopic (exact) mass is 335 g/mol. The Morgan fingerprint density at radius 3 is 2.79 bits per heavy atom. The third-order valence-electron chi connectivity index (χ3n) is 4.85. The topological polar surface area (TPSA) is 70.0 Å². The third-order valence-corrected chi connectivity index (χ3v) is 4.85. The second kappa shape index (κ2) is 9.04. The Morgan fingerprint density at radius 2 is 2.12 bits per heavy atom. The predicted octanol–water partition coefficient (Wildman–Crippen LogP) is 2.22. The fraction of sp³-hybridized carbons (Fsp3) is 0.632. The number of carbonyl (C=O) groups excluding carboxylic acids is 1. The van der Waals surface area contributed by atoms with Crippen LogP contribution in [0.3, 0.4) is 0 Å². The highest BCUT2D eigenvalue weighted by Crippen LogP contribution is 2.34. The number of piperidine rings is 1. The van der Waals surface area contributed by atoms with Crippen molar-refractivity contribution in [1.29, 1.82) is 0 Å². The van der Waals surface area contributed by atoms with E-state index in [4.69, 9.17) is 4.74 Å². The smallest absolute Gasteiger partial charge is 0.222 e. The normalized spacial score (nSPS) is 24.0. The molecule has 2 atom stereocenters. The maximum Gasteiger partial charge on any atom is 0.222 e. The molecule has 1 aromatic carbocycles. The van der Waals surface area contributed by atoms with E-state index in [-0.39, 0.29) is 12.5 Å². The molecule has 134 valence electrons. The summed E-state index contributed by atoms with van der Waals surface area (Å²) in [5.41, 5.74) is -0.566. The van der Waals surface area contributed by atoms with E-state index in [9.17, 15) is 15.0 Å². The molecule has 2 rings (SSSR count). The van der Waals surface area contributed by atoms with Crippen LogP contribution < -0.4 is 4.74 Å². The van der Waals surface area contributed by atoms with Crippen molar-refractivity contribution in [2.75, 3.05) is 26.3 Å². The van der Waals surface area contributed by atoms with E-state index in [0.29, 0.717) is 39.0 Å². The molecule has 1 aliphatic rings. The molecular weight excluding hydrogens is 306 g/mol. The van der Waals surface area contributed by atoms with Crippen molar-refractivity contribution in [2.24, 2.45) is 5.41 Å². The quantitative estimate of drug-likeness (QED) is 0.715. The number of aliphatic hydroxyl groups is 2. The molecule has 24 heavy (non-hydrogen) atoms. The number of amides is 1. The summed E-state index contributed by atoms with van der Waals surface area (Å²) in [6.07, 6.45) is 2.69. The maximum atomic E-state index is 12.4. The average Bonchev–Trinajstić information content (AvgIpc) is 2.61. The number of benzene rings is 1. The van der Waals surface area contributed by atoms with Crippen LogP contribution in [0, 0.1) is 5.41 Å². The van der Waals surface area contributed by atoms with Crippen molar-refractivity contribution < 1.29 is 19.7 Å². The predicted molar refractivity (Wildman–Crippen MR) is 92.8 cm³/mol. The van der Waals surface area contributed by atoms with Gasteiger partial charge in [-0.15, -0.1) is 0 Å². The molecule has 1 aliphatic heterocycles. The molecule has 5 nitrogen and oxygen atoms in total. The van der Waals surface area contributed by atoms with Gasteiger partial charge in [0.15, 0.2) is 0 Å². The van der Waals surface area contributed by atoms with Gasteiger partial charge in [0.1, 0.15) is 5.75 Å². The van der Waals surface area contributed by atoms with Crippen LogP contribution >= 0.6 is 0 Å².